The number of benzene rings is 8. The molecule has 1 unspecified atom stereocenters. The summed E-state index contributed by atoms with van der Waals surface area (Å²) in [5.41, 5.74) is 8.22. The third kappa shape index (κ3) is 14.1. The van der Waals surface area contributed by atoms with Crippen molar-refractivity contribution in [2.24, 2.45) is 10.8 Å². The van der Waals surface area contributed by atoms with Gasteiger partial charge in [0.25, 0.3) is 0 Å². The molecular weight excluding hydrogens is 1180 g/mol. The number of rotatable bonds is 25. The van der Waals surface area contributed by atoms with Crippen molar-refractivity contribution in [2.75, 3.05) is 0 Å². The van der Waals surface area contributed by atoms with Gasteiger partial charge in [-0.3, -0.25) is 9.59 Å². The number of esters is 2. The number of Topliss-reactive ketones (excluding diaryl/α,β-unsaturated/α-hetero) is 2. The third-order valence-electron chi connectivity index (χ3n) is 22.5. The zero-order valence-electron chi connectivity index (χ0n) is 59.0. The molecule has 498 valence electrons. The Kier molecular flexibility index (Phi) is 20.9. The van der Waals surface area contributed by atoms with Crippen LogP contribution in [0.3, 0.4) is 0 Å². The van der Waals surface area contributed by atoms with Crippen molar-refractivity contribution in [1.82, 2.24) is 0 Å². The molecule has 0 bridgehead atoms. The highest BCUT2D eigenvalue weighted by Crippen LogP contribution is 2.51. The van der Waals surface area contributed by atoms with E-state index in [-0.39, 0.29) is 28.0 Å². The molecule has 0 aliphatic heterocycles. The Balaban J connectivity index is 0.810. The van der Waals surface area contributed by atoms with E-state index in [0.717, 1.165) is 115 Å². The fraction of sp³-hybridized carbons (Fsp3) is 0.419. The van der Waals surface area contributed by atoms with Crippen molar-refractivity contribution in [3.05, 3.63) is 224 Å². The molecule has 0 heterocycles. The second kappa shape index (κ2) is 28.6. The predicted molar refractivity (Wildman–Crippen MR) is 384 cm³/mol. The van der Waals surface area contributed by atoms with Gasteiger partial charge in [-0.15, -0.1) is 0 Å². The molecule has 0 spiro atoms. The van der Waals surface area contributed by atoms with Crippen LogP contribution in [-0.4, -0.2) is 34.7 Å². The van der Waals surface area contributed by atoms with Gasteiger partial charge in [-0.25, -0.2) is 9.59 Å². The first-order valence-corrected chi connectivity index (χ1v) is 35.2. The maximum absolute atomic E-state index is 15.3. The maximum Gasteiger partial charge on any atom is 0.343 e. The van der Waals surface area contributed by atoms with Gasteiger partial charge >= 0.3 is 11.9 Å². The van der Waals surface area contributed by atoms with Gasteiger partial charge in [-0.2, -0.15) is 0 Å². The number of ether oxygens (including phenoxy) is 5. The topological polar surface area (TPSA) is 114 Å². The highest BCUT2D eigenvalue weighted by atomic mass is 16.5. The molecule has 10 rings (SSSR count). The number of hydrogen-bond acceptors (Lipinski definition) is 9. The number of carbonyl (C=O) groups excluding carboxylic acids is 4. The molecule has 2 fully saturated rings. The van der Waals surface area contributed by atoms with E-state index in [4.69, 9.17) is 23.7 Å². The summed E-state index contributed by atoms with van der Waals surface area (Å²) in [4.78, 5) is 55.8. The lowest BCUT2D eigenvalue weighted by Gasteiger charge is -2.47. The summed E-state index contributed by atoms with van der Waals surface area (Å²) < 4.78 is 32.2. The number of hydrogen-bond donors (Lipinski definition) is 0. The standard InChI is InChI=1S/C86H100O9/c1-15-81(11,12)77(87)61-31-39-71(40-32-61)91-72-41-33-62(34-42-72)79(89)92-73-43-35-67(51-57(73)7)85(49-25-22-26-50-85)70-38-46-76(60(10)54-70)95-86(19-5,20-6)83(14,18-4)78(88)65-29-27-64-56-66(30-28-63(64)55-65)80(90)93-74-44-36-68(52-58(74)8)84(47-23-21-24-48-84)69-37-45-75(59(9)53-69)94-82(13,16-2)17-3/h27-46,51-56H,15-26,47-50H2,1-14H3. The van der Waals surface area contributed by atoms with Crippen molar-refractivity contribution in [1.29, 1.82) is 0 Å². The Morgan fingerprint density at radius 1 is 0.368 bits per heavy atom. The van der Waals surface area contributed by atoms with Crippen LogP contribution in [0.15, 0.2) is 158 Å². The first-order chi connectivity index (χ1) is 45.4. The molecule has 2 aliphatic rings. The van der Waals surface area contributed by atoms with Crippen LogP contribution in [0.1, 0.15) is 258 Å². The molecule has 2 aliphatic carbocycles. The maximum atomic E-state index is 15.3. The second-order valence-corrected chi connectivity index (χ2v) is 28.6. The van der Waals surface area contributed by atoms with Crippen LogP contribution in [0, 0.1) is 38.5 Å². The Morgan fingerprint density at radius 3 is 1.15 bits per heavy atom. The summed E-state index contributed by atoms with van der Waals surface area (Å²) in [6, 6.07) is 51.4. The van der Waals surface area contributed by atoms with E-state index in [9.17, 15) is 14.4 Å². The summed E-state index contributed by atoms with van der Waals surface area (Å²) in [7, 11) is 0. The molecule has 0 saturated heterocycles. The fourth-order valence-electron chi connectivity index (χ4n) is 15.1. The zero-order valence-corrected chi connectivity index (χ0v) is 59.0. The third-order valence-corrected chi connectivity index (χ3v) is 22.5. The van der Waals surface area contributed by atoms with Crippen molar-refractivity contribution in [2.45, 2.75) is 222 Å². The van der Waals surface area contributed by atoms with Crippen LogP contribution in [0.5, 0.6) is 34.5 Å². The average Bonchev–Trinajstić information content (AvgIpc) is 0.763. The molecular formula is C86H100O9. The van der Waals surface area contributed by atoms with Gasteiger partial charge in [0.2, 0.25) is 0 Å². The summed E-state index contributed by atoms with van der Waals surface area (Å²) in [6.45, 7) is 29.2. The monoisotopic (exact) mass is 1280 g/mol. The van der Waals surface area contributed by atoms with Crippen LogP contribution in [0.2, 0.25) is 0 Å². The fourth-order valence-corrected chi connectivity index (χ4v) is 15.1. The van der Waals surface area contributed by atoms with Gasteiger partial charge in [0.1, 0.15) is 45.7 Å². The normalized spacial score (nSPS) is 15.5. The van der Waals surface area contributed by atoms with Gasteiger partial charge in [-0.1, -0.05) is 161 Å². The minimum absolute atomic E-state index is 0.0171. The average molecular weight is 1280 g/mol. The molecule has 9 heteroatoms. The Bertz CT molecular complexity index is 4090. The van der Waals surface area contributed by atoms with Crippen molar-refractivity contribution in [3.63, 3.8) is 0 Å². The summed E-state index contributed by atoms with van der Waals surface area (Å²) in [5.74, 6) is 3.14. The van der Waals surface area contributed by atoms with E-state index in [2.05, 4.69) is 123 Å². The molecule has 8 aromatic rings. The second-order valence-electron chi connectivity index (χ2n) is 28.6. The Hall–Kier alpha value is -8.30. The lowest BCUT2D eigenvalue weighted by Crippen LogP contribution is -2.54. The molecule has 0 amide bonds. The van der Waals surface area contributed by atoms with Gasteiger partial charge in [-0.05, 0) is 252 Å². The summed E-state index contributed by atoms with van der Waals surface area (Å²) in [6.07, 6.45) is 15.4. The van der Waals surface area contributed by atoms with Crippen LogP contribution in [-0.2, 0) is 10.8 Å². The minimum atomic E-state index is -0.901. The Labute approximate surface area is 565 Å². The first-order valence-electron chi connectivity index (χ1n) is 35.2. The molecule has 1 atom stereocenters. The van der Waals surface area contributed by atoms with E-state index < -0.39 is 28.4 Å². The summed E-state index contributed by atoms with van der Waals surface area (Å²) >= 11 is 0. The lowest BCUT2D eigenvalue weighted by molar-refractivity contribution is -0.0447. The van der Waals surface area contributed by atoms with Crippen LogP contribution < -0.4 is 23.7 Å². The van der Waals surface area contributed by atoms with Gasteiger partial charge in [0, 0.05) is 27.4 Å². The first kappa shape index (κ1) is 69.5. The quantitative estimate of drug-likeness (QED) is 0.0313. The van der Waals surface area contributed by atoms with E-state index in [1.807, 2.05) is 77.1 Å². The summed E-state index contributed by atoms with van der Waals surface area (Å²) in [5, 5.41) is 1.70. The van der Waals surface area contributed by atoms with Crippen molar-refractivity contribution >= 4 is 34.3 Å². The van der Waals surface area contributed by atoms with Crippen LogP contribution in [0.4, 0.5) is 0 Å². The molecule has 2 saturated carbocycles. The molecule has 9 nitrogen and oxygen atoms in total. The highest BCUT2D eigenvalue weighted by molar-refractivity contribution is 6.05. The zero-order chi connectivity index (χ0) is 68.1. The van der Waals surface area contributed by atoms with E-state index in [1.165, 1.54) is 35.1 Å². The lowest BCUT2D eigenvalue weighted by atomic mass is 9.64. The minimum Gasteiger partial charge on any atom is -0.487 e. The van der Waals surface area contributed by atoms with Crippen molar-refractivity contribution < 1.29 is 42.9 Å². The largest absolute Gasteiger partial charge is 0.487 e. The smallest absolute Gasteiger partial charge is 0.343 e. The van der Waals surface area contributed by atoms with Gasteiger partial charge in [0.15, 0.2) is 11.6 Å². The highest BCUT2D eigenvalue weighted by Gasteiger charge is 2.52. The van der Waals surface area contributed by atoms with Crippen LogP contribution >= 0.6 is 0 Å². The predicted octanol–water partition coefficient (Wildman–Crippen LogP) is 22.6. The molecule has 95 heavy (non-hydrogen) atoms. The van der Waals surface area contributed by atoms with E-state index in [1.54, 1.807) is 54.6 Å². The molecule has 0 N–H and O–H groups in total. The number of aryl methyl sites for hydroxylation is 4. The number of ketones is 2. The van der Waals surface area contributed by atoms with E-state index in [0.29, 0.717) is 64.5 Å². The molecule has 0 radical (unpaired) electrons. The van der Waals surface area contributed by atoms with Gasteiger partial charge in [0.05, 0.1) is 16.5 Å². The van der Waals surface area contributed by atoms with Crippen LogP contribution in [0.25, 0.3) is 10.8 Å². The van der Waals surface area contributed by atoms with Crippen molar-refractivity contribution in [3.8, 4) is 34.5 Å². The molecule has 8 aromatic carbocycles. The SMILES string of the molecule is CCC(C)(CC)Oc1ccc(C2(c3ccc(OC(=O)c4ccc5cc(C(=O)C(C)(CC)C(CC)(CC)Oc6ccc(C7(c8ccc(OC(=O)c9ccc(Oc%10ccc(C(=O)C(C)(C)CC)cc%10)cc9)c(C)c8)CCCCC7)cc6C)ccc5c4)c(C)c3)CCCCC2)cc1C. The number of carbonyl (C=O) groups is 4. The molecule has 0 aromatic heterocycles. The number of fused-ring (bicyclic) bond motifs is 1. The Morgan fingerprint density at radius 2 is 0.747 bits per heavy atom. The van der Waals surface area contributed by atoms with E-state index >= 15 is 4.79 Å². The van der Waals surface area contributed by atoms with Gasteiger partial charge < -0.3 is 23.7 Å².